The van der Waals surface area contributed by atoms with E-state index in [1.54, 1.807) is 30.3 Å². The van der Waals surface area contributed by atoms with Crippen LogP contribution in [0.25, 0.3) is 6.08 Å². The maximum absolute atomic E-state index is 13.1. The molecule has 154 valence electrons. The molecule has 1 heterocycles. The molecule has 3 rings (SSSR count). The minimum atomic E-state index is -0.312. The lowest BCUT2D eigenvalue weighted by Gasteiger charge is -2.20. The summed E-state index contributed by atoms with van der Waals surface area (Å²) in [6.45, 7) is 6.17. The number of hydrogen-bond acceptors (Lipinski definition) is 3. The Balaban J connectivity index is 1.84. The van der Waals surface area contributed by atoms with E-state index in [4.69, 9.17) is 0 Å². The van der Waals surface area contributed by atoms with Crippen molar-refractivity contribution in [3.63, 3.8) is 0 Å². The van der Waals surface area contributed by atoms with Crippen LogP contribution in [0, 0.1) is 13.8 Å². The summed E-state index contributed by atoms with van der Waals surface area (Å²) in [4.78, 5) is 26.7. The minimum absolute atomic E-state index is 0.142. The van der Waals surface area contributed by atoms with Crippen LogP contribution in [-0.4, -0.2) is 11.8 Å². The topological polar surface area (TPSA) is 58.2 Å². The molecule has 2 aromatic carbocycles. The lowest BCUT2D eigenvalue weighted by molar-refractivity contribution is -0.118. The van der Waals surface area contributed by atoms with Gasteiger partial charge in [-0.2, -0.15) is 0 Å². The molecular formula is C25H26N2O2S. The third-order valence-electron chi connectivity index (χ3n) is 5.01. The molecular weight excluding hydrogens is 392 g/mol. The van der Waals surface area contributed by atoms with Gasteiger partial charge < -0.3 is 10.6 Å². The molecule has 0 bridgehead atoms. The third-order valence-corrected chi connectivity index (χ3v) is 5.82. The number of aryl methyl sites for hydroxylation is 2. The SMILES string of the molecule is CC[C@H](NC(=O)/C(=C/c1cccs1)NC(=O)c1ccccc1)c1ccc(C)c(C)c1. The summed E-state index contributed by atoms with van der Waals surface area (Å²) in [5, 5.41) is 7.81. The van der Waals surface area contributed by atoms with Crippen LogP contribution in [0.2, 0.25) is 0 Å². The Morgan fingerprint density at radius 1 is 1.00 bits per heavy atom. The summed E-state index contributed by atoms with van der Waals surface area (Å²) in [5.74, 6) is -0.620. The molecule has 0 radical (unpaired) electrons. The van der Waals surface area contributed by atoms with Crippen molar-refractivity contribution >= 4 is 29.2 Å². The molecule has 3 aromatic rings. The monoisotopic (exact) mass is 418 g/mol. The number of thiophene rings is 1. The third kappa shape index (κ3) is 5.45. The minimum Gasteiger partial charge on any atom is -0.344 e. The Labute approximate surface area is 181 Å². The highest BCUT2D eigenvalue weighted by molar-refractivity contribution is 7.10. The van der Waals surface area contributed by atoms with Gasteiger partial charge in [-0.25, -0.2) is 0 Å². The first-order valence-electron chi connectivity index (χ1n) is 9.97. The molecule has 0 fully saturated rings. The number of amides is 2. The molecule has 2 N–H and O–H groups in total. The number of benzene rings is 2. The Bertz CT molecular complexity index is 1040. The fraction of sp³-hybridized carbons (Fsp3) is 0.200. The predicted molar refractivity (Wildman–Crippen MR) is 123 cm³/mol. The van der Waals surface area contributed by atoms with Gasteiger partial charge in [-0.1, -0.05) is 49.4 Å². The predicted octanol–water partition coefficient (Wildman–Crippen LogP) is 5.40. The van der Waals surface area contributed by atoms with Crippen LogP contribution in [0.1, 0.15) is 51.3 Å². The molecule has 0 aliphatic rings. The molecule has 0 aliphatic heterocycles. The smallest absolute Gasteiger partial charge is 0.268 e. The summed E-state index contributed by atoms with van der Waals surface area (Å²) in [6.07, 6.45) is 2.46. The molecule has 0 saturated heterocycles. The van der Waals surface area contributed by atoms with Crippen molar-refractivity contribution in [3.8, 4) is 0 Å². The molecule has 5 heteroatoms. The van der Waals surface area contributed by atoms with Crippen molar-refractivity contribution in [2.75, 3.05) is 0 Å². The second-order valence-corrected chi connectivity index (χ2v) is 8.15. The fourth-order valence-electron chi connectivity index (χ4n) is 3.10. The summed E-state index contributed by atoms with van der Waals surface area (Å²) < 4.78 is 0. The van der Waals surface area contributed by atoms with Gasteiger partial charge in [0.1, 0.15) is 5.70 Å². The lowest BCUT2D eigenvalue weighted by Crippen LogP contribution is -2.36. The number of carbonyl (C=O) groups is 2. The van der Waals surface area contributed by atoms with Gasteiger partial charge in [0.25, 0.3) is 11.8 Å². The molecule has 30 heavy (non-hydrogen) atoms. The molecule has 0 spiro atoms. The van der Waals surface area contributed by atoms with Crippen LogP contribution in [0.5, 0.6) is 0 Å². The number of rotatable bonds is 7. The summed E-state index contributed by atoms with van der Waals surface area (Å²) in [5.41, 5.74) is 4.19. The van der Waals surface area contributed by atoms with Crippen LogP contribution in [-0.2, 0) is 4.79 Å². The van der Waals surface area contributed by atoms with Crippen molar-refractivity contribution in [3.05, 3.63) is 98.9 Å². The highest BCUT2D eigenvalue weighted by atomic mass is 32.1. The van der Waals surface area contributed by atoms with Crippen molar-refractivity contribution < 1.29 is 9.59 Å². The zero-order chi connectivity index (χ0) is 21.5. The van der Waals surface area contributed by atoms with E-state index in [1.807, 2.05) is 36.6 Å². The molecule has 4 nitrogen and oxygen atoms in total. The van der Waals surface area contributed by atoms with Gasteiger partial charge >= 0.3 is 0 Å². The Hall–Kier alpha value is -3.18. The van der Waals surface area contributed by atoms with Gasteiger partial charge in [-0.3, -0.25) is 9.59 Å². The number of hydrogen-bond donors (Lipinski definition) is 2. The normalized spacial score (nSPS) is 12.3. The zero-order valence-corrected chi connectivity index (χ0v) is 18.3. The summed E-state index contributed by atoms with van der Waals surface area (Å²) >= 11 is 1.51. The van der Waals surface area contributed by atoms with Gasteiger partial charge in [0.2, 0.25) is 0 Å². The summed E-state index contributed by atoms with van der Waals surface area (Å²) in [7, 11) is 0. The van der Waals surface area contributed by atoms with Crippen molar-refractivity contribution in [1.82, 2.24) is 10.6 Å². The van der Waals surface area contributed by atoms with Crippen molar-refractivity contribution in [2.24, 2.45) is 0 Å². The average Bonchev–Trinajstić information content (AvgIpc) is 3.27. The first-order chi connectivity index (χ1) is 14.5. The van der Waals surface area contributed by atoms with Gasteiger partial charge in [0.05, 0.1) is 6.04 Å². The molecule has 2 amide bonds. The van der Waals surface area contributed by atoms with Crippen molar-refractivity contribution in [2.45, 2.75) is 33.2 Å². The van der Waals surface area contributed by atoms with E-state index in [-0.39, 0.29) is 23.6 Å². The van der Waals surface area contributed by atoms with Gasteiger partial charge in [0, 0.05) is 10.4 Å². The van der Waals surface area contributed by atoms with Crippen LogP contribution in [0.4, 0.5) is 0 Å². The zero-order valence-electron chi connectivity index (χ0n) is 17.4. The average molecular weight is 419 g/mol. The van der Waals surface area contributed by atoms with Crippen LogP contribution in [0.15, 0.2) is 71.7 Å². The maximum Gasteiger partial charge on any atom is 0.268 e. The van der Waals surface area contributed by atoms with Gasteiger partial charge in [-0.15, -0.1) is 11.3 Å². The molecule has 1 atom stereocenters. The van der Waals surface area contributed by atoms with Crippen LogP contribution in [0.3, 0.4) is 0 Å². The van der Waals surface area contributed by atoms with Crippen LogP contribution >= 0.6 is 11.3 Å². The van der Waals surface area contributed by atoms with E-state index < -0.39 is 0 Å². The first kappa shape index (κ1) is 21.5. The lowest BCUT2D eigenvalue weighted by atomic mass is 9.99. The van der Waals surface area contributed by atoms with E-state index in [0.717, 1.165) is 16.9 Å². The van der Waals surface area contributed by atoms with Gasteiger partial charge in [-0.05, 0) is 66.6 Å². The Morgan fingerprint density at radius 2 is 1.77 bits per heavy atom. The summed E-state index contributed by atoms with van der Waals surface area (Å²) in [6, 6.07) is 18.8. The second kappa shape index (κ2) is 10.0. The Kier molecular flexibility index (Phi) is 7.20. The first-order valence-corrected chi connectivity index (χ1v) is 10.9. The highest BCUT2D eigenvalue weighted by Gasteiger charge is 2.19. The molecule has 0 aliphatic carbocycles. The number of carbonyl (C=O) groups excluding carboxylic acids is 2. The van der Waals surface area contributed by atoms with E-state index in [9.17, 15) is 9.59 Å². The van der Waals surface area contributed by atoms with E-state index >= 15 is 0 Å². The molecule has 1 aromatic heterocycles. The second-order valence-electron chi connectivity index (χ2n) is 7.17. The van der Waals surface area contributed by atoms with Gasteiger partial charge in [0.15, 0.2) is 0 Å². The molecule has 0 unspecified atom stereocenters. The largest absolute Gasteiger partial charge is 0.344 e. The standard InChI is InChI=1S/C25H26N2O2S/c1-4-22(20-13-12-17(2)18(3)15-20)26-25(29)23(16-21-11-8-14-30-21)27-24(28)19-9-6-5-7-10-19/h5-16,22H,4H2,1-3H3,(H,26,29)(H,27,28)/b23-16-/t22-/m0/s1. The van der Waals surface area contributed by atoms with E-state index in [0.29, 0.717) is 5.56 Å². The fourth-order valence-corrected chi connectivity index (χ4v) is 3.75. The van der Waals surface area contributed by atoms with Crippen molar-refractivity contribution in [1.29, 1.82) is 0 Å². The highest BCUT2D eigenvalue weighted by Crippen LogP contribution is 2.21. The molecule has 0 saturated carbocycles. The maximum atomic E-state index is 13.1. The van der Waals surface area contributed by atoms with E-state index in [2.05, 4.69) is 36.6 Å². The van der Waals surface area contributed by atoms with Crippen LogP contribution < -0.4 is 10.6 Å². The number of nitrogens with one attached hydrogen (secondary N) is 2. The quantitative estimate of drug-likeness (QED) is 0.505. The van der Waals surface area contributed by atoms with E-state index in [1.165, 1.54) is 22.5 Å². The Morgan fingerprint density at radius 3 is 2.40 bits per heavy atom.